The lowest BCUT2D eigenvalue weighted by molar-refractivity contribution is 1.30. The van der Waals surface area contributed by atoms with Crippen LogP contribution in [-0.2, 0) is 0 Å². The fourth-order valence-electron chi connectivity index (χ4n) is 0.743. The number of allylic oxidation sites excluding steroid dienone is 8. The molecule has 0 unspecified atom stereocenters. The van der Waals surface area contributed by atoms with Crippen molar-refractivity contribution in [3.05, 3.63) is 48.6 Å². The van der Waals surface area contributed by atoms with E-state index in [1.165, 1.54) is 0 Å². The van der Waals surface area contributed by atoms with Crippen LogP contribution in [0.2, 0.25) is 0 Å². The van der Waals surface area contributed by atoms with Crippen molar-refractivity contribution >= 4 is 0 Å². The van der Waals surface area contributed by atoms with Crippen molar-refractivity contribution in [2.45, 2.75) is 12.8 Å². The maximum absolute atomic E-state index is 3.03. The quantitative estimate of drug-likeness (QED) is 0.443. The predicted octanol–water partition coefficient (Wildman–Crippen LogP) is 2.81. The highest BCUT2D eigenvalue weighted by Crippen LogP contribution is 1.93. The molecule has 51 valence electrons. The molecule has 1 radical (unpaired) electrons. The van der Waals surface area contributed by atoms with Gasteiger partial charge in [-0.25, -0.2) is 0 Å². The molecule has 0 aromatic rings. The fourth-order valence-corrected chi connectivity index (χ4v) is 0.743. The highest BCUT2D eigenvalue weighted by atomic mass is 13.8. The van der Waals surface area contributed by atoms with Gasteiger partial charge in [-0.2, -0.15) is 0 Å². The van der Waals surface area contributed by atoms with Gasteiger partial charge in [-0.1, -0.05) is 42.5 Å². The Morgan fingerprint density at radius 1 is 0.900 bits per heavy atom. The van der Waals surface area contributed by atoms with Gasteiger partial charge >= 0.3 is 0 Å². The van der Waals surface area contributed by atoms with Crippen molar-refractivity contribution in [2.75, 3.05) is 0 Å². The molecule has 1 rings (SSSR count). The smallest absolute Gasteiger partial charge is 0.0166 e. The first kappa shape index (κ1) is 7.07. The topological polar surface area (TPSA) is 0 Å². The minimum atomic E-state index is 1.02. The van der Waals surface area contributed by atoms with Crippen molar-refractivity contribution < 1.29 is 0 Å². The molecule has 0 atom stereocenters. The third kappa shape index (κ3) is 3.08. The Morgan fingerprint density at radius 3 is 2.60 bits per heavy atom. The summed E-state index contributed by atoms with van der Waals surface area (Å²) >= 11 is 0. The van der Waals surface area contributed by atoms with Crippen LogP contribution >= 0.6 is 0 Å². The standard InChI is InChI=1S/C10H11/c1-2-4-6-8-10-9-7-5-3-1/h1-3,6-9H,4,10H2/b2-1+,5-3?,8-6-,9-7+. The van der Waals surface area contributed by atoms with E-state index in [9.17, 15) is 0 Å². The molecule has 0 fully saturated rings. The summed E-state index contributed by atoms with van der Waals surface area (Å²) < 4.78 is 0. The van der Waals surface area contributed by atoms with E-state index in [0.29, 0.717) is 0 Å². The summed E-state index contributed by atoms with van der Waals surface area (Å²) in [5, 5.41) is 0. The molecule has 0 aliphatic heterocycles. The zero-order valence-electron chi connectivity index (χ0n) is 5.96. The van der Waals surface area contributed by atoms with E-state index in [4.69, 9.17) is 0 Å². The SMILES string of the molecule is [C]1=C\C=C\C/C=C\C/C=C/1. The lowest BCUT2D eigenvalue weighted by Crippen LogP contribution is -1.63. The highest BCUT2D eigenvalue weighted by molar-refractivity contribution is 5.10. The molecule has 0 bridgehead atoms. The molecule has 0 saturated carbocycles. The Hall–Kier alpha value is -1.04. The second-order valence-corrected chi connectivity index (χ2v) is 2.11. The third-order valence-corrected chi connectivity index (χ3v) is 1.25. The Bertz CT molecular complexity index is 160. The van der Waals surface area contributed by atoms with Crippen molar-refractivity contribution in [3.63, 3.8) is 0 Å². The maximum Gasteiger partial charge on any atom is -0.0166 e. The summed E-state index contributed by atoms with van der Waals surface area (Å²) in [5.74, 6) is 0. The number of hydrogen-bond donors (Lipinski definition) is 0. The third-order valence-electron chi connectivity index (χ3n) is 1.25. The summed E-state index contributed by atoms with van der Waals surface area (Å²) in [5.41, 5.74) is 0. The Balaban J connectivity index is 2.51. The molecular formula is C10H11. The van der Waals surface area contributed by atoms with E-state index < -0.39 is 0 Å². The maximum atomic E-state index is 3.03. The molecule has 1 aliphatic carbocycles. The van der Waals surface area contributed by atoms with Gasteiger partial charge in [0.25, 0.3) is 0 Å². The Morgan fingerprint density at radius 2 is 1.70 bits per heavy atom. The van der Waals surface area contributed by atoms with E-state index in [1.54, 1.807) is 0 Å². The number of hydrogen-bond acceptors (Lipinski definition) is 0. The predicted molar refractivity (Wildman–Crippen MR) is 44.5 cm³/mol. The van der Waals surface area contributed by atoms with Crippen LogP contribution in [0.1, 0.15) is 12.8 Å². The molecule has 0 heteroatoms. The molecule has 0 spiro atoms. The van der Waals surface area contributed by atoms with Crippen LogP contribution in [0.25, 0.3) is 0 Å². The Labute approximate surface area is 62.3 Å². The first-order valence-electron chi connectivity index (χ1n) is 3.54. The van der Waals surface area contributed by atoms with E-state index in [2.05, 4.69) is 30.4 Å². The van der Waals surface area contributed by atoms with Crippen molar-refractivity contribution in [2.24, 2.45) is 0 Å². The second-order valence-electron chi connectivity index (χ2n) is 2.11. The molecule has 0 saturated heterocycles. The lowest BCUT2D eigenvalue weighted by Gasteiger charge is -1.83. The molecule has 1 aliphatic rings. The van der Waals surface area contributed by atoms with Crippen LogP contribution in [-0.4, -0.2) is 0 Å². The van der Waals surface area contributed by atoms with E-state index in [0.717, 1.165) is 12.8 Å². The summed E-state index contributed by atoms with van der Waals surface area (Å²) in [6.45, 7) is 0. The van der Waals surface area contributed by atoms with Gasteiger partial charge in [0, 0.05) is 0 Å². The molecule has 10 heavy (non-hydrogen) atoms. The van der Waals surface area contributed by atoms with Gasteiger partial charge in [-0.15, -0.1) is 0 Å². The molecular weight excluding hydrogens is 120 g/mol. The van der Waals surface area contributed by atoms with Crippen molar-refractivity contribution in [1.82, 2.24) is 0 Å². The van der Waals surface area contributed by atoms with Gasteiger partial charge in [0.05, 0.1) is 0 Å². The Kier molecular flexibility index (Phi) is 3.40. The summed E-state index contributed by atoms with van der Waals surface area (Å²) in [7, 11) is 0. The van der Waals surface area contributed by atoms with Crippen LogP contribution in [0.4, 0.5) is 0 Å². The number of rotatable bonds is 0. The van der Waals surface area contributed by atoms with Gasteiger partial charge in [-0.05, 0) is 18.9 Å². The normalized spacial score (nSPS) is 30.4. The average molecular weight is 131 g/mol. The zero-order valence-corrected chi connectivity index (χ0v) is 5.96. The monoisotopic (exact) mass is 131 g/mol. The van der Waals surface area contributed by atoms with E-state index >= 15 is 0 Å². The van der Waals surface area contributed by atoms with Gasteiger partial charge in [0.15, 0.2) is 0 Å². The van der Waals surface area contributed by atoms with E-state index in [-0.39, 0.29) is 0 Å². The summed E-state index contributed by atoms with van der Waals surface area (Å²) in [6.07, 6.45) is 19.5. The van der Waals surface area contributed by atoms with Crippen LogP contribution in [0, 0.1) is 6.08 Å². The van der Waals surface area contributed by atoms with E-state index in [1.807, 2.05) is 18.2 Å². The first-order chi connectivity index (χ1) is 5.00. The van der Waals surface area contributed by atoms with Gasteiger partial charge in [0.2, 0.25) is 0 Å². The minimum absolute atomic E-state index is 1.02. The van der Waals surface area contributed by atoms with Crippen LogP contribution in [0.5, 0.6) is 0 Å². The molecule has 0 heterocycles. The molecule has 0 N–H and O–H groups in total. The molecule has 0 aromatic heterocycles. The lowest BCUT2D eigenvalue weighted by atomic mass is 10.2. The van der Waals surface area contributed by atoms with Crippen molar-refractivity contribution in [1.29, 1.82) is 0 Å². The van der Waals surface area contributed by atoms with Crippen LogP contribution < -0.4 is 0 Å². The van der Waals surface area contributed by atoms with Crippen LogP contribution in [0.15, 0.2) is 42.5 Å². The summed E-state index contributed by atoms with van der Waals surface area (Å²) in [6, 6.07) is 0. The molecule has 0 amide bonds. The fraction of sp³-hybridized carbons (Fsp3) is 0.200. The van der Waals surface area contributed by atoms with Crippen molar-refractivity contribution in [3.8, 4) is 0 Å². The average Bonchev–Trinajstić information content (AvgIpc) is 2.01. The second kappa shape index (κ2) is 4.80. The largest absolute Gasteiger partial charge is 0.0844 e. The minimum Gasteiger partial charge on any atom is -0.0844 e. The zero-order chi connectivity index (χ0) is 7.07. The highest BCUT2D eigenvalue weighted by Gasteiger charge is 1.73. The van der Waals surface area contributed by atoms with Gasteiger partial charge < -0.3 is 0 Å². The first-order valence-corrected chi connectivity index (χ1v) is 3.54. The van der Waals surface area contributed by atoms with Crippen LogP contribution in [0.3, 0.4) is 0 Å². The van der Waals surface area contributed by atoms with Gasteiger partial charge in [0.1, 0.15) is 0 Å². The van der Waals surface area contributed by atoms with Gasteiger partial charge in [-0.3, -0.25) is 0 Å². The molecule has 0 aromatic carbocycles. The molecule has 0 nitrogen and oxygen atoms in total. The summed E-state index contributed by atoms with van der Waals surface area (Å²) in [4.78, 5) is 0.